The molecule has 1 radical (unpaired) electrons. The van der Waals surface area contributed by atoms with Crippen LogP contribution >= 0.6 is 0 Å². The Labute approximate surface area is 92.6 Å². The van der Waals surface area contributed by atoms with Crippen LogP contribution in [0.15, 0.2) is 24.8 Å². The van der Waals surface area contributed by atoms with E-state index in [1.54, 1.807) is 0 Å². The van der Waals surface area contributed by atoms with Crippen molar-refractivity contribution in [3.63, 3.8) is 0 Å². The molecule has 11 heavy (non-hydrogen) atoms. The monoisotopic (exact) mass is 221 g/mol. The minimum atomic E-state index is 0. The summed E-state index contributed by atoms with van der Waals surface area (Å²) in [5.41, 5.74) is 8.44. The molecule has 0 aliphatic rings. The Bertz CT molecular complexity index is 256. The average Bonchev–Trinajstić information content (AvgIpc) is 1.94. The summed E-state index contributed by atoms with van der Waals surface area (Å²) in [6.45, 7) is 5.56. The molecule has 1 aromatic carbocycles. The summed E-state index contributed by atoms with van der Waals surface area (Å²) in [6, 6.07) is 5.70. The summed E-state index contributed by atoms with van der Waals surface area (Å²) >= 11 is 0. The molecular weight excluding hydrogens is 211 g/mol. The maximum absolute atomic E-state index is 5.54. The summed E-state index contributed by atoms with van der Waals surface area (Å²) < 4.78 is 0. The Morgan fingerprint density at radius 2 is 2.09 bits per heavy atom. The maximum atomic E-state index is 5.54. The van der Waals surface area contributed by atoms with Gasteiger partial charge < -0.3 is 5.73 Å². The first kappa shape index (κ1) is 10.9. The van der Waals surface area contributed by atoms with Gasteiger partial charge in [-0.2, -0.15) is 23.8 Å². The molecule has 0 unspecified atom stereocenters. The van der Waals surface area contributed by atoms with E-state index in [1.807, 2.05) is 25.1 Å². The van der Waals surface area contributed by atoms with Crippen LogP contribution in [-0.2, 0) is 32.7 Å². The van der Waals surface area contributed by atoms with Crippen LogP contribution in [0.3, 0.4) is 0 Å². The number of anilines is 1. The number of rotatable bonds is 1. The van der Waals surface area contributed by atoms with Gasteiger partial charge in [0.1, 0.15) is 0 Å². The summed E-state index contributed by atoms with van der Waals surface area (Å²) in [5.74, 6) is 0. The number of hydrogen-bond acceptors (Lipinski definition) is 1. The van der Waals surface area contributed by atoms with Crippen molar-refractivity contribution >= 4 is 5.69 Å². The Morgan fingerprint density at radius 3 is 2.55 bits per heavy atom. The third kappa shape index (κ3) is 2.76. The van der Waals surface area contributed by atoms with Gasteiger partial charge in [0.25, 0.3) is 0 Å². The van der Waals surface area contributed by atoms with Crippen molar-refractivity contribution in [1.82, 2.24) is 0 Å². The normalized spacial score (nSPS) is 8.45. The van der Waals surface area contributed by atoms with Crippen molar-refractivity contribution in [3.05, 3.63) is 42.0 Å². The van der Waals surface area contributed by atoms with Gasteiger partial charge in [0, 0.05) is 32.7 Å². The molecule has 0 heterocycles. The van der Waals surface area contributed by atoms with Gasteiger partial charge in [0.05, 0.1) is 0 Å². The van der Waals surface area contributed by atoms with Crippen LogP contribution in [0, 0.1) is 13.0 Å². The second-order valence-electron chi connectivity index (χ2n) is 2.25. The van der Waals surface area contributed by atoms with Crippen LogP contribution < -0.4 is 5.73 Å². The molecule has 1 aromatic rings. The third-order valence-corrected chi connectivity index (χ3v) is 1.45. The average molecular weight is 221 g/mol. The Morgan fingerprint density at radius 1 is 1.45 bits per heavy atom. The van der Waals surface area contributed by atoms with Gasteiger partial charge >= 0.3 is 0 Å². The molecule has 2 N–H and O–H groups in total. The summed E-state index contributed by atoms with van der Waals surface area (Å²) in [7, 11) is 0. The van der Waals surface area contributed by atoms with Crippen LogP contribution in [-0.4, -0.2) is 0 Å². The molecule has 55 valence electrons. The zero-order valence-corrected chi connectivity index (χ0v) is 9.43. The predicted octanol–water partition coefficient (Wildman–Crippen LogP) is 1.91. The van der Waals surface area contributed by atoms with Gasteiger partial charge in [-0.3, -0.25) is 0 Å². The van der Waals surface area contributed by atoms with E-state index in [9.17, 15) is 0 Å². The molecule has 1 rings (SSSR count). The second-order valence-corrected chi connectivity index (χ2v) is 2.25. The summed E-state index contributed by atoms with van der Waals surface area (Å²) in [4.78, 5) is 0. The summed E-state index contributed by atoms with van der Waals surface area (Å²) in [5, 5.41) is 0. The molecule has 0 aromatic heterocycles. The summed E-state index contributed by atoms with van der Waals surface area (Å²) in [6.07, 6.45) is 2.81. The van der Waals surface area contributed by atoms with E-state index < -0.39 is 0 Å². The molecule has 0 aliphatic heterocycles. The van der Waals surface area contributed by atoms with Crippen molar-refractivity contribution in [3.8, 4) is 0 Å². The van der Waals surface area contributed by atoms with Crippen LogP contribution in [0.4, 0.5) is 5.69 Å². The van der Waals surface area contributed by atoms with Crippen LogP contribution in [0.1, 0.15) is 11.1 Å². The van der Waals surface area contributed by atoms with Crippen molar-refractivity contribution < 1.29 is 32.7 Å². The van der Waals surface area contributed by atoms with Crippen molar-refractivity contribution in [2.24, 2.45) is 0 Å². The predicted molar refractivity (Wildman–Crippen MR) is 43.6 cm³/mol. The van der Waals surface area contributed by atoms with Gasteiger partial charge in [-0.15, -0.1) is 12.1 Å². The first-order valence-electron chi connectivity index (χ1n) is 3.13. The molecule has 2 heteroatoms. The Balaban J connectivity index is 0.000001000. The molecule has 0 bridgehead atoms. The van der Waals surface area contributed by atoms with Gasteiger partial charge in [0.2, 0.25) is 0 Å². The first-order valence-corrected chi connectivity index (χ1v) is 3.13. The van der Waals surface area contributed by atoms with E-state index in [-0.39, 0.29) is 32.7 Å². The van der Waals surface area contributed by atoms with E-state index >= 15 is 0 Å². The SMILES string of the molecule is C=[C-]c1cc(N)ccc1C.[Y]. The quantitative estimate of drug-likeness (QED) is 0.569. The topological polar surface area (TPSA) is 26.0 Å². The molecule has 0 atom stereocenters. The van der Waals surface area contributed by atoms with Crippen LogP contribution in [0.5, 0.6) is 0 Å². The van der Waals surface area contributed by atoms with E-state index in [4.69, 9.17) is 5.73 Å². The zero-order valence-electron chi connectivity index (χ0n) is 6.59. The fourth-order valence-corrected chi connectivity index (χ4v) is 0.830. The van der Waals surface area contributed by atoms with Crippen molar-refractivity contribution in [2.45, 2.75) is 6.92 Å². The number of nitrogen functional groups attached to an aromatic ring is 1. The number of aryl methyl sites for hydroxylation is 1. The minimum absolute atomic E-state index is 0. The standard InChI is InChI=1S/C9H10N.Y/c1-3-8-6-9(10)5-4-7(8)2;/h4-6H,1,10H2,2H3;/q-1;. The fourth-order valence-electron chi connectivity index (χ4n) is 0.830. The van der Waals surface area contributed by atoms with E-state index in [0.717, 1.165) is 16.8 Å². The number of nitrogens with two attached hydrogens (primary N) is 1. The van der Waals surface area contributed by atoms with Crippen molar-refractivity contribution in [2.75, 3.05) is 5.73 Å². The maximum Gasteiger partial charge on any atom is 0 e. The number of benzene rings is 1. The molecule has 0 spiro atoms. The van der Waals surface area contributed by atoms with Gasteiger partial charge in [0.15, 0.2) is 0 Å². The molecule has 0 saturated heterocycles. The van der Waals surface area contributed by atoms with Crippen molar-refractivity contribution in [1.29, 1.82) is 0 Å². The fraction of sp³-hybridized carbons (Fsp3) is 0.111. The van der Waals surface area contributed by atoms with Crippen LogP contribution in [0.2, 0.25) is 0 Å². The molecule has 0 aliphatic carbocycles. The third-order valence-electron chi connectivity index (χ3n) is 1.45. The molecule has 0 saturated carbocycles. The Hall–Kier alpha value is -0.136. The molecular formula is C9H10NY-. The largest absolute Gasteiger partial charge is 0.409 e. The first-order chi connectivity index (χ1) is 4.74. The number of hydrogen-bond donors (Lipinski definition) is 1. The Kier molecular flexibility index (Phi) is 4.63. The van der Waals surface area contributed by atoms with E-state index in [2.05, 4.69) is 12.7 Å². The minimum Gasteiger partial charge on any atom is -0.409 e. The van der Waals surface area contributed by atoms with Gasteiger partial charge in [-0.25, -0.2) is 0 Å². The molecule has 0 fully saturated rings. The van der Waals surface area contributed by atoms with E-state index in [0.29, 0.717) is 0 Å². The molecule has 1 nitrogen and oxygen atoms in total. The second kappa shape index (κ2) is 4.68. The van der Waals surface area contributed by atoms with Gasteiger partial charge in [-0.05, 0) is 5.69 Å². The van der Waals surface area contributed by atoms with E-state index in [1.165, 1.54) is 0 Å². The van der Waals surface area contributed by atoms with Gasteiger partial charge in [-0.1, -0.05) is 13.0 Å². The van der Waals surface area contributed by atoms with Crippen LogP contribution in [0.25, 0.3) is 0 Å². The molecule has 0 amide bonds. The smallest absolute Gasteiger partial charge is 0 e. The zero-order chi connectivity index (χ0) is 7.56.